The van der Waals surface area contributed by atoms with Crippen LogP contribution in [0.4, 0.5) is 8.78 Å². The van der Waals surface area contributed by atoms with E-state index in [0.717, 1.165) is 54.5 Å². The minimum Gasteiger partial charge on any atom is -0.311 e. The molecule has 2 heterocycles. The molecule has 0 atom stereocenters. The SMILES string of the molecule is CCc1c(CN2CCSCC2)cc(-c2ccc(F)cc2)n1-c1ccccc1F. The lowest BCUT2D eigenvalue weighted by Crippen LogP contribution is -2.32. The highest BCUT2D eigenvalue weighted by Gasteiger charge is 2.21. The summed E-state index contributed by atoms with van der Waals surface area (Å²) in [5.74, 6) is 1.78. The Labute approximate surface area is 169 Å². The van der Waals surface area contributed by atoms with Crippen molar-refractivity contribution in [2.24, 2.45) is 0 Å². The van der Waals surface area contributed by atoms with Crippen molar-refractivity contribution in [1.82, 2.24) is 9.47 Å². The molecule has 0 saturated carbocycles. The number of thioether (sulfide) groups is 1. The van der Waals surface area contributed by atoms with Crippen LogP contribution in [0.15, 0.2) is 54.6 Å². The number of hydrogen-bond donors (Lipinski definition) is 0. The summed E-state index contributed by atoms with van der Waals surface area (Å²) in [5.41, 5.74) is 4.67. The van der Waals surface area contributed by atoms with Gasteiger partial charge in [-0.1, -0.05) is 19.1 Å². The maximum Gasteiger partial charge on any atom is 0.147 e. The molecule has 0 N–H and O–H groups in total. The molecule has 146 valence electrons. The third kappa shape index (κ3) is 3.87. The third-order valence-corrected chi connectivity index (χ3v) is 6.20. The Bertz CT molecular complexity index is 944. The van der Waals surface area contributed by atoms with Crippen LogP contribution in [-0.2, 0) is 13.0 Å². The van der Waals surface area contributed by atoms with Crippen LogP contribution in [0.1, 0.15) is 18.2 Å². The summed E-state index contributed by atoms with van der Waals surface area (Å²) in [6, 6.07) is 15.5. The van der Waals surface area contributed by atoms with E-state index >= 15 is 0 Å². The highest BCUT2D eigenvalue weighted by molar-refractivity contribution is 7.99. The van der Waals surface area contributed by atoms with Gasteiger partial charge in [0.2, 0.25) is 0 Å². The van der Waals surface area contributed by atoms with Crippen LogP contribution < -0.4 is 0 Å². The Morgan fingerprint density at radius 3 is 2.36 bits per heavy atom. The fourth-order valence-corrected chi connectivity index (χ4v) is 4.84. The summed E-state index contributed by atoms with van der Waals surface area (Å²) < 4.78 is 30.2. The van der Waals surface area contributed by atoms with E-state index in [0.29, 0.717) is 5.69 Å². The molecule has 0 aliphatic carbocycles. The van der Waals surface area contributed by atoms with Crippen molar-refractivity contribution in [2.45, 2.75) is 19.9 Å². The van der Waals surface area contributed by atoms with E-state index in [1.165, 1.54) is 23.8 Å². The maximum atomic E-state index is 14.7. The zero-order chi connectivity index (χ0) is 19.5. The van der Waals surface area contributed by atoms with Crippen molar-refractivity contribution in [1.29, 1.82) is 0 Å². The fourth-order valence-electron chi connectivity index (χ4n) is 3.87. The second kappa shape index (κ2) is 8.50. The fraction of sp³-hybridized carbons (Fsp3) is 0.304. The highest BCUT2D eigenvalue weighted by atomic mass is 32.2. The predicted octanol–water partition coefficient (Wildman–Crippen LogP) is 5.53. The lowest BCUT2D eigenvalue weighted by molar-refractivity contribution is 0.293. The second-order valence-electron chi connectivity index (χ2n) is 7.04. The molecule has 1 saturated heterocycles. The number of aromatic nitrogens is 1. The molecule has 2 nitrogen and oxygen atoms in total. The zero-order valence-electron chi connectivity index (χ0n) is 16.0. The summed E-state index contributed by atoms with van der Waals surface area (Å²) in [5, 5.41) is 0. The first-order chi connectivity index (χ1) is 13.7. The van der Waals surface area contributed by atoms with E-state index in [-0.39, 0.29) is 11.6 Å². The van der Waals surface area contributed by atoms with E-state index in [1.54, 1.807) is 18.2 Å². The monoisotopic (exact) mass is 398 g/mol. The van der Waals surface area contributed by atoms with Crippen LogP contribution >= 0.6 is 11.8 Å². The number of para-hydroxylation sites is 1. The Hall–Kier alpha value is -2.11. The normalized spacial score (nSPS) is 15.1. The van der Waals surface area contributed by atoms with Crippen LogP contribution in [-0.4, -0.2) is 34.1 Å². The average Bonchev–Trinajstić information content (AvgIpc) is 3.07. The molecule has 5 heteroatoms. The molecule has 4 rings (SSSR count). The molecule has 1 aliphatic rings. The number of nitrogens with zero attached hydrogens (tertiary/aromatic N) is 2. The van der Waals surface area contributed by atoms with Crippen LogP contribution in [0.2, 0.25) is 0 Å². The maximum absolute atomic E-state index is 14.7. The Kier molecular flexibility index (Phi) is 5.83. The van der Waals surface area contributed by atoms with Crippen LogP contribution in [0, 0.1) is 11.6 Å². The average molecular weight is 399 g/mol. The van der Waals surface area contributed by atoms with Gasteiger partial charge in [0.25, 0.3) is 0 Å². The smallest absolute Gasteiger partial charge is 0.147 e. The van der Waals surface area contributed by atoms with Crippen molar-refractivity contribution in [3.63, 3.8) is 0 Å². The molecule has 28 heavy (non-hydrogen) atoms. The van der Waals surface area contributed by atoms with Crippen molar-refractivity contribution in [3.05, 3.63) is 77.5 Å². The van der Waals surface area contributed by atoms with Crippen LogP contribution in [0.25, 0.3) is 16.9 Å². The van der Waals surface area contributed by atoms with E-state index in [2.05, 4.69) is 17.9 Å². The number of halogens is 2. The first kappa shape index (κ1) is 19.2. The van der Waals surface area contributed by atoms with Crippen molar-refractivity contribution < 1.29 is 8.78 Å². The molecular formula is C23H24F2N2S. The molecule has 0 bridgehead atoms. The van der Waals surface area contributed by atoms with Gasteiger partial charge < -0.3 is 4.57 Å². The first-order valence-electron chi connectivity index (χ1n) is 9.72. The van der Waals surface area contributed by atoms with Crippen LogP contribution in [0.5, 0.6) is 0 Å². The first-order valence-corrected chi connectivity index (χ1v) is 10.9. The Balaban J connectivity index is 1.85. The molecule has 1 aliphatic heterocycles. The third-order valence-electron chi connectivity index (χ3n) is 5.26. The molecule has 1 fully saturated rings. The quantitative estimate of drug-likeness (QED) is 0.558. The van der Waals surface area contributed by atoms with E-state index in [4.69, 9.17) is 0 Å². The summed E-state index contributed by atoms with van der Waals surface area (Å²) in [4.78, 5) is 2.46. The summed E-state index contributed by atoms with van der Waals surface area (Å²) in [7, 11) is 0. The zero-order valence-corrected chi connectivity index (χ0v) is 16.8. The van der Waals surface area contributed by atoms with Gasteiger partial charge in [-0.25, -0.2) is 8.78 Å². The minimum atomic E-state index is -0.269. The minimum absolute atomic E-state index is 0.253. The van der Waals surface area contributed by atoms with E-state index in [9.17, 15) is 8.78 Å². The highest BCUT2D eigenvalue weighted by Crippen LogP contribution is 2.32. The Morgan fingerprint density at radius 1 is 0.964 bits per heavy atom. The Morgan fingerprint density at radius 2 is 1.68 bits per heavy atom. The molecular weight excluding hydrogens is 374 g/mol. The number of hydrogen-bond acceptors (Lipinski definition) is 2. The van der Waals surface area contributed by atoms with E-state index in [1.807, 2.05) is 28.5 Å². The van der Waals surface area contributed by atoms with Gasteiger partial charge >= 0.3 is 0 Å². The van der Waals surface area contributed by atoms with Gasteiger partial charge in [0, 0.05) is 36.8 Å². The predicted molar refractivity (Wildman–Crippen MR) is 113 cm³/mol. The number of benzene rings is 2. The molecule has 0 radical (unpaired) electrons. The molecule has 0 spiro atoms. The topological polar surface area (TPSA) is 8.17 Å². The van der Waals surface area contributed by atoms with Gasteiger partial charge in [-0.3, -0.25) is 4.90 Å². The molecule has 3 aromatic rings. The summed E-state index contributed by atoms with van der Waals surface area (Å²) in [6.45, 7) is 5.12. The van der Waals surface area contributed by atoms with E-state index < -0.39 is 0 Å². The molecule has 0 amide bonds. The van der Waals surface area contributed by atoms with Crippen molar-refractivity contribution >= 4 is 11.8 Å². The van der Waals surface area contributed by atoms with Crippen molar-refractivity contribution in [3.8, 4) is 16.9 Å². The largest absolute Gasteiger partial charge is 0.311 e. The lowest BCUT2D eigenvalue weighted by atomic mass is 10.1. The summed E-state index contributed by atoms with van der Waals surface area (Å²) in [6.07, 6.45) is 0.799. The standard InChI is InChI=1S/C23H24F2N2S/c1-2-21-18(16-26-11-13-28-14-12-26)15-23(17-7-9-19(24)10-8-17)27(21)22-6-4-3-5-20(22)25/h3-10,15H,2,11-14,16H2,1H3. The van der Waals surface area contributed by atoms with Crippen LogP contribution in [0.3, 0.4) is 0 Å². The molecule has 0 unspecified atom stereocenters. The molecule has 2 aromatic carbocycles. The van der Waals surface area contributed by atoms with Gasteiger partial charge in [-0.15, -0.1) is 0 Å². The van der Waals surface area contributed by atoms with Gasteiger partial charge in [-0.05, 0) is 60.0 Å². The summed E-state index contributed by atoms with van der Waals surface area (Å²) >= 11 is 1.99. The van der Waals surface area contributed by atoms with Crippen molar-refractivity contribution in [2.75, 3.05) is 24.6 Å². The second-order valence-corrected chi connectivity index (χ2v) is 8.26. The number of rotatable bonds is 5. The molecule has 1 aromatic heterocycles. The van der Waals surface area contributed by atoms with Gasteiger partial charge in [-0.2, -0.15) is 11.8 Å². The van der Waals surface area contributed by atoms with Gasteiger partial charge in [0.1, 0.15) is 11.6 Å². The van der Waals surface area contributed by atoms with Gasteiger partial charge in [0.05, 0.1) is 11.4 Å². The van der Waals surface area contributed by atoms with Gasteiger partial charge in [0.15, 0.2) is 0 Å². The lowest BCUT2D eigenvalue weighted by Gasteiger charge is -2.26.